The van der Waals surface area contributed by atoms with E-state index in [1.54, 1.807) is 17.3 Å². The van der Waals surface area contributed by atoms with Crippen LogP contribution in [0.4, 0.5) is 0 Å². The molecule has 2 aromatic carbocycles. The summed E-state index contributed by atoms with van der Waals surface area (Å²) in [5.74, 6) is 2.07. The van der Waals surface area contributed by atoms with Crippen LogP contribution in [0.15, 0.2) is 78.1 Å². The first kappa shape index (κ1) is 22.6. The normalized spacial score (nSPS) is 15.9. The van der Waals surface area contributed by atoms with E-state index in [9.17, 15) is 4.79 Å². The maximum Gasteiger partial charge on any atom is 0.266 e. The van der Waals surface area contributed by atoms with Crippen molar-refractivity contribution in [2.45, 2.75) is 13.1 Å². The number of thiocarbonyl (C=S) groups is 1. The summed E-state index contributed by atoms with van der Waals surface area (Å²) in [6.45, 7) is 1.77. The summed E-state index contributed by atoms with van der Waals surface area (Å²) in [4.78, 5) is 19.5. The van der Waals surface area contributed by atoms with E-state index in [0.29, 0.717) is 34.7 Å². The first-order chi connectivity index (χ1) is 17.7. The monoisotopic (exact) mass is 515 g/mol. The highest BCUT2D eigenvalue weighted by atomic mass is 32.2. The SMILES string of the molecule is O=C1/C(=C/c2cn(CCOc3ccc4c(c3)OCO4)c3ccccc23)SC(=S)N1Cc1cccnc1. The number of thioether (sulfide) groups is 1. The van der Waals surface area contributed by atoms with Gasteiger partial charge >= 0.3 is 0 Å². The first-order valence-corrected chi connectivity index (χ1v) is 12.6. The molecule has 0 radical (unpaired) electrons. The van der Waals surface area contributed by atoms with Gasteiger partial charge in [0, 0.05) is 41.1 Å². The van der Waals surface area contributed by atoms with Gasteiger partial charge in [0.15, 0.2) is 11.5 Å². The molecule has 6 rings (SSSR count). The third-order valence-electron chi connectivity index (χ3n) is 5.99. The Kier molecular flexibility index (Phi) is 6.08. The molecule has 4 aromatic rings. The molecule has 2 aliphatic heterocycles. The summed E-state index contributed by atoms with van der Waals surface area (Å²) in [6, 6.07) is 17.5. The van der Waals surface area contributed by atoms with Gasteiger partial charge in [-0.25, -0.2) is 0 Å². The second-order valence-corrected chi connectivity index (χ2v) is 9.96. The van der Waals surface area contributed by atoms with Gasteiger partial charge in [-0.3, -0.25) is 14.7 Å². The third kappa shape index (κ3) is 4.43. The molecule has 2 aliphatic rings. The molecular formula is C27H21N3O4S2. The van der Waals surface area contributed by atoms with Gasteiger partial charge in [-0.1, -0.05) is 48.2 Å². The summed E-state index contributed by atoms with van der Waals surface area (Å²) in [5.41, 5.74) is 2.98. The quantitative estimate of drug-likeness (QED) is 0.246. The van der Waals surface area contributed by atoms with E-state index >= 15 is 0 Å². The van der Waals surface area contributed by atoms with Crippen LogP contribution >= 0.6 is 24.0 Å². The van der Waals surface area contributed by atoms with Crippen LogP contribution in [-0.4, -0.2) is 38.1 Å². The number of ether oxygens (including phenoxy) is 3. The zero-order valence-electron chi connectivity index (χ0n) is 19.1. The van der Waals surface area contributed by atoms with Gasteiger partial charge in [-0.2, -0.15) is 0 Å². The number of para-hydroxylation sites is 1. The van der Waals surface area contributed by atoms with E-state index < -0.39 is 0 Å². The van der Waals surface area contributed by atoms with Crippen LogP contribution in [0.2, 0.25) is 0 Å². The van der Waals surface area contributed by atoms with Crippen LogP contribution < -0.4 is 14.2 Å². The third-order valence-corrected chi connectivity index (χ3v) is 7.37. The lowest BCUT2D eigenvalue weighted by Gasteiger charge is -2.13. The average Bonchev–Trinajstić information content (AvgIpc) is 3.58. The van der Waals surface area contributed by atoms with Crippen LogP contribution in [0, 0.1) is 0 Å². The van der Waals surface area contributed by atoms with E-state index in [4.69, 9.17) is 26.4 Å². The van der Waals surface area contributed by atoms with E-state index in [2.05, 4.69) is 27.9 Å². The predicted molar refractivity (Wildman–Crippen MR) is 143 cm³/mol. The number of hydrogen-bond acceptors (Lipinski definition) is 7. The number of aromatic nitrogens is 2. The van der Waals surface area contributed by atoms with E-state index in [1.807, 2.05) is 48.5 Å². The maximum atomic E-state index is 13.2. The van der Waals surface area contributed by atoms with Gasteiger partial charge in [0.1, 0.15) is 16.7 Å². The van der Waals surface area contributed by atoms with Crippen molar-refractivity contribution in [2.24, 2.45) is 0 Å². The highest BCUT2D eigenvalue weighted by Crippen LogP contribution is 2.36. The van der Waals surface area contributed by atoms with Crippen LogP contribution in [0.1, 0.15) is 11.1 Å². The number of fused-ring (bicyclic) bond motifs is 2. The van der Waals surface area contributed by atoms with Crippen molar-refractivity contribution in [3.05, 3.63) is 89.2 Å². The number of carbonyl (C=O) groups is 1. The highest BCUT2D eigenvalue weighted by Gasteiger charge is 2.32. The molecule has 180 valence electrons. The Morgan fingerprint density at radius 3 is 2.89 bits per heavy atom. The molecule has 4 heterocycles. The van der Waals surface area contributed by atoms with E-state index in [1.165, 1.54) is 11.8 Å². The van der Waals surface area contributed by atoms with Crippen molar-refractivity contribution in [3.8, 4) is 17.2 Å². The summed E-state index contributed by atoms with van der Waals surface area (Å²) >= 11 is 6.84. The van der Waals surface area contributed by atoms with Gasteiger partial charge in [0.2, 0.25) is 6.79 Å². The predicted octanol–water partition coefficient (Wildman–Crippen LogP) is 5.25. The average molecular weight is 516 g/mol. The molecule has 0 unspecified atom stereocenters. The molecule has 0 spiro atoms. The van der Waals surface area contributed by atoms with Gasteiger partial charge in [-0.15, -0.1) is 0 Å². The minimum atomic E-state index is -0.0863. The number of nitrogens with zero attached hydrogens (tertiary/aromatic N) is 3. The Labute approximate surface area is 217 Å². The fraction of sp³-hybridized carbons (Fsp3) is 0.148. The Bertz CT molecular complexity index is 1500. The Morgan fingerprint density at radius 2 is 2.00 bits per heavy atom. The van der Waals surface area contributed by atoms with Crippen LogP contribution in [0.5, 0.6) is 17.2 Å². The molecule has 0 N–H and O–H groups in total. The Balaban J connectivity index is 1.20. The topological polar surface area (TPSA) is 65.8 Å². The van der Waals surface area contributed by atoms with Crippen molar-refractivity contribution in [1.29, 1.82) is 0 Å². The second kappa shape index (κ2) is 9.67. The molecule has 1 fully saturated rings. The van der Waals surface area contributed by atoms with Gasteiger partial charge in [0.05, 0.1) is 18.0 Å². The van der Waals surface area contributed by atoms with E-state index in [-0.39, 0.29) is 12.7 Å². The van der Waals surface area contributed by atoms with Crippen LogP contribution in [0.3, 0.4) is 0 Å². The second-order valence-electron chi connectivity index (χ2n) is 8.29. The van der Waals surface area contributed by atoms with Crippen molar-refractivity contribution in [3.63, 3.8) is 0 Å². The molecule has 0 atom stereocenters. The maximum absolute atomic E-state index is 13.2. The Morgan fingerprint density at radius 1 is 1.11 bits per heavy atom. The molecule has 9 heteroatoms. The highest BCUT2D eigenvalue weighted by molar-refractivity contribution is 8.26. The molecule has 0 saturated carbocycles. The molecule has 2 aromatic heterocycles. The molecule has 0 aliphatic carbocycles. The number of benzene rings is 2. The summed E-state index contributed by atoms with van der Waals surface area (Å²) < 4.78 is 19.4. The lowest BCUT2D eigenvalue weighted by Crippen LogP contribution is -2.27. The number of carbonyl (C=O) groups excluding carboxylic acids is 1. The Hall–Kier alpha value is -3.82. The molecule has 7 nitrogen and oxygen atoms in total. The molecular weight excluding hydrogens is 494 g/mol. The number of pyridine rings is 1. The zero-order valence-corrected chi connectivity index (χ0v) is 20.8. The van der Waals surface area contributed by atoms with Gasteiger partial charge in [-0.05, 0) is 35.9 Å². The fourth-order valence-electron chi connectivity index (χ4n) is 4.26. The first-order valence-electron chi connectivity index (χ1n) is 11.4. The smallest absolute Gasteiger partial charge is 0.266 e. The lowest BCUT2D eigenvalue weighted by atomic mass is 10.1. The number of amides is 1. The van der Waals surface area contributed by atoms with Gasteiger partial charge in [0.25, 0.3) is 5.91 Å². The lowest BCUT2D eigenvalue weighted by molar-refractivity contribution is -0.122. The minimum Gasteiger partial charge on any atom is -0.492 e. The molecule has 1 saturated heterocycles. The number of hydrogen-bond donors (Lipinski definition) is 0. The van der Waals surface area contributed by atoms with Crippen molar-refractivity contribution < 1.29 is 19.0 Å². The van der Waals surface area contributed by atoms with Crippen molar-refractivity contribution in [2.75, 3.05) is 13.4 Å². The van der Waals surface area contributed by atoms with Crippen LogP contribution in [-0.2, 0) is 17.9 Å². The summed E-state index contributed by atoms with van der Waals surface area (Å²) in [6.07, 6.45) is 7.45. The molecule has 1 amide bonds. The zero-order chi connectivity index (χ0) is 24.5. The van der Waals surface area contributed by atoms with Crippen molar-refractivity contribution in [1.82, 2.24) is 14.5 Å². The van der Waals surface area contributed by atoms with Crippen LogP contribution in [0.25, 0.3) is 17.0 Å². The minimum absolute atomic E-state index is 0.0863. The summed E-state index contributed by atoms with van der Waals surface area (Å²) in [5, 5.41) is 1.07. The van der Waals surface area contributed by atoms with Crippen molar-refractivity contribution >= 4 is 51.2 Å². The molecule has 36 heavy (non-hydrogen) atoms. The largest absolute Gasteiger partial charge is 0.492 e. The number of rotatable bonds is 7. The fourth-order valence-corrected chi connectivity index (χ4v) is 5.50. The standard InChI is InChI=1S/C27H21N3O4S2/c31-26-25(36-27(35)30(26)15-18-4-3-9-28-14-18)12-19-16-29(22-6-2-1-5-21(19)22)10-11-32-20-7-8-23-24(13-20)34-17-33-23/h1-9,12-14,16H,10-11,15,17H2/b25-12-. The van der Waals surface area contributed by atoms with Gasteiger partial charge < -0.3 is 18.8 Å². The van der Waals surface area contributed by atoms with E-state index in [0.717, 1.165) is 33.5 Å². The molecule has 0 bridgehead atoms. The summed E-state index contributed by atoms with van der Waals surface area (Å²) in [7, 11) is 0.